The van der Waals surface area contributed by atoms with Crippen molar-refractivity contribution in [1.29, 1.82) is 0 Å². The van der Waals surface area contributed by atoms with Gasteiger partial charge >= 0.3 is 0 Å². The molecule has 24 heavy (non-hydrogen) atoms. The zero-order chi connectivity index (χ0) is 17.9. The quantitative estimate of drug-likeness (QED) is 0.455. The summed E-state index contributed by atoms with van der Waals surface area (Å²) in [5, 5.41) is 11.1. The van der Waals surface area contributed by atoms with Crippen molar-refractivity contribution in [3.8, 4) is 0 Å². The molecule has 0 fully saturated rings. The van der Waals surface area contributed by atoms with Gasteiger partial charge in [-0.3, -0.25) is 14.4 Å². The van der Waals surface area contributed by atoms with Crippen LogP contribution in [0.1, 0.15) is 11.1 Å². The molecule has 0 aromatic heterocycles. The third-order valence-corrected chi connectivity index (χ3v) is 5.34. The van der Waals surface area contributed by atoms with E-state index in [-0.39, 0.29) is 17.1 Å². The van der Waals surface area contributed by atoms with Gasteiger partial charge in [0.05, 0.1) is 22.1 Å². The van der Waals surface area contributed by atoms with Crippen LogP contribution in [-0.2, 0) is 10.0 Å². The van der Waals surface area contributed by atoms with Crippen molar-refractivity contribution in [1.82, 2.24) is 0 Å². The number of hydrogen-bond acceptors (Lipinski definition) is 4. The second kappa shape index (κ2) is 6.84. The van der Waals surface area contributed by atoms with Gasteiger partial charge in [0.15, 0.2) is 0 Å². The lowest BCUT2D eigenvalue weighted by Gasteiger charge is -2.23. The van der Waals surface area contributed by atoms with Gasteiger partial charge in [0.25, 0.3) is 15.7 Å². The Hall–Kier alpha value is -2.67. The Balaban J connectivity index is 2.59. The Kier molecular flexibility index (Phi) is 5.04. The minimum absolute atomic E-state index is 0.0630. The number of benzene rings is 2. The third-order valence-electron chi connectivity index (χ3n) is 3.55. The lowest BCUT2D eigenvalue weighted by atomic mass is 10.2. The molecule has 0 unspecified atom stereocenters. The summed E-state index contributed by atoms with van der Waals surface area (Å²) in [6.07, 6.45) is 1.47. The van der Waals surface area contributed by atoms with Crippen LogP contribution in [0.15, 0.2) is 60.0 Å². The summed E-state index contributed by atoms with van der Waals surface area (Å²) in [5.74, 6) is 0. The van der Waals surface area contributed by atoms with Crippen molar-refractivity contribution in [2.45, 2.75) is 18.7 Å². The molecule has 0 aliphatic carbocycles. The molecule has 2 aromatic rings. The molecule has 7 heteroatoms. The Morgan fingerprint density at radius 3 is 2.50 bits per heavy atom. The Bertz CT molecular complexity index is 891. The summed E-state index contributed by atoms with van der Waals surface area (Å²) < 4.78 is 27.1. The van der Waals surface area contributed by atoms with Gasteiger partial charge in [0.2, 0.25) is 0 Å². The molecular formula is C17H18N2O4S. The molecule has 0 spiro atoms. The van der Waals surface area contributed by atoms with Gasteiger partial charge in [-0.1, -0.05) is 24.3 Å². The van der Waals surface area contributed by atoms with Gasteiger partial charge in [-0.25, -0.2) is 8.42 Å². The maximum Gasteiger partial charge on any atom is 0.273 e. The van der Waals surface area contributed by atoms with Crippen LogP contribution in [0.4, 0.5) is 11.4 Å². The highest BCUT2D eigenvalue weighted by molar-refractivity contribution is 7.92. The van der Waals surface area contributed by atoms with E-state index in [4.69, 9.17) is 0 Å². The molecule has 0 saturated carbocycles. The Labute approximate surface area is 141 Å². The smallest absolute Gasteiger partial charge is 0.263 e. The first-order chi connectivity index (χ1) is 11.3. The predicted molar refractivity (Wildman–Crippen MR) is 93.7 cm³/mol. The van der Waals surface area contributed by atoms with Gasteiger partial charge < -0.3 is 0 Å². The summed E-state index contributed by atoms with van der Waals surface area (Å²) in [6, 6.07) is 10.9. The molecular weight excluding hydrogens is 328 g/mol. The minimum atomic E-state index is -3.95. The Morgan fingerprint density at radius 1 is 1.21 bits per heavy atom. The number of sulfonamides is 1. The van der Waals surface area contributed by atoms with Crippen LogP contribution in [0.25, 0.3) is 0 Å². The largest absolute Gasteiger partial charge is 0.273 e. The normalized spacial score (nSPS) is 11.1. The first-order valence-electron chi connectivity index (χ1n) is 7.22. The molecule has 6 nitrogen and oxygen atoms in total. The van der Waals surface area contributed by atoms with Crippen molar-refractivity contribution in [2.24, 2.45) is 0 Å². The van der Waals surface area contributed by atoms with Crippen molar-refractivity contribution in [3.05, 3.63) is 76.4 Å². The van der Waals surface area contributed by atoms with Crippen molar-refractivity contribution in [2.75, 3.05) is 10.8 Å². The van der Waals surface area contributed by atoms with E-state index in [1.165, 1.54) is 22.5 Å². The number of aryl methyl sites for hydroxylation is 2. The molecule has 0 saturated heterocycles. The topological polar surface area (TPSA) is 80.5 Å². The van der Waals surface area contributed by atoms with Crippen LogP contribution in [0, 0.1) is 24.0 Å². The molecule has 0 radical (unpaired) electrons. The molecule has 0 aliphatic heterocycles. The highest BCUT2D eigenvalue weighted by atomic mass is 32.2. The summed E-state index contributed by atoms with van der Waals surface area (Å²) in [7, 11) is -3.95. The minimum Gasteiger partial charge on any atom is -0.263 e. The van der Waals surface area contributed by atoms with Crippen LogP contribution in [-0.4, -0.2) is 19.9 Å². The van der Waals surface area contributed by atoms with E-state index < -0.39 is 14.9 Å². The maximum atomic E-state index is 13.0. The molecule has 0 amide bonds. The first kappa shape index (κ1) is 17.7. The van der Waals surface area contributed by atoms with Gasteiger partial charge in [0.1, 0.15) is 0 Å². The molecule has 0 heterocycles. The zero-order valence-corrected chi connectivity index (χ0v) is 14.3. The summed E-state index contributed by atoms with van der Waals surface area (Å²) >= 11 is 0. The maximum absolute atomic E-state index is 13.0. The predicted octanol–water partition coefficient (Wildman–Crippen LogP) is 3.59. The van der Waals surface area contributed by atoms with Gasteiger partial charge in [-0.05, 0) is 37.6 Å². The second-order valence-electron chi connectivity index (χ2n) is 5.37. The van der Waals surface area contributed by atoms with E-state index in [0.717, 1.165) is 11.6 Å². The van der Waals surface area contributed by atoms with E-state index in [1.807, 2.05) is 13.0 Å². The first-order valence-corrected chi connectivity index (χ1v) is 8.66. The van der Waals surface area contributed by atoms with Crippen molar-refractivity contribution < 1.29 is 13.3 Å². The molecule has 0 atom stereocenters. The number of anilines is 1. The van der Waals surface area contributed by atoms with Crippen LogP contribution < -0.4 is 4.31 Å². The van der Waals surface area contributed by atoms with Crippen LogP contribution >= 0.6 is 0 Å². The van der Waals surface area contributed by atoms with Gasteiger partial charge in [0, 0.05) is 11.6 Å². The number of nitrogens with zero attached hydrogens (tertiary/aromatic N) is 2. The van der Waals surface area contributed by atoms with Crippen molar-refractivity contribution >= 4 is 21.4 Å². The summed E-state index contributed by atoms with van der Waals surface area (Å²) in [5.41, 5.74) is 1.58. The summed E-state index contributed by atoms with van der Waals surface area (Å²) in [4.78, 5) is 10.4. The van der Waals surface area contributed by atoms with Crippen LogP contribution in [0.5, 0.6) is 0 Å². The molecule has 0 bridgehead atoms. The summed E-state index contributed by atoms with van der Waals surface area (Å²) in [6.45, 7) is 7.09. The van der Waals surface area contributed by atoms with E-state index in [0.29, 0.717) is 11.3 Å². The fourth-order valence-corrected chi connectivity index (χ4v) is 3.76. The standard InChI is InChI=1S/C17H18N2O4S/c1-4-10-18(15-7-5-6-13(2)11-15)24(22,23)16-9-8-14(3)17(12-16)19(20)21/h4-9,11-12H,1,10H2,2-3H3. The number of hydrogen-bond donors (Lipinski definition) is 0. The fraction of sp³-hybridized carbons (Fsp3) is 0.176. The molecule has 2 aromatic carbocycles. The van der Waals surface area contributed by atoms with Crippen LogP contribution in [0.2, 0.25) is 0 Å². The molecule has 126 valence electrons. The van der Waals surface area contributed by atoms with E-state index in [9.17, 15) is 18.5 Å². The average molecular weight is 346 g/mol. The molecule has 0 N–H and O–H groups in total. The molecule has 2 rings (SSSR count). The highest BCUT2D eigenvalue weighted by Crippen LogP contribution is 2.28. The van der Waals surface area contributed by atoms with E-state index >= 15 is 0 Å². The number of nitro benzene ring substituents is 1. The van der Waals surface area contributed by atoms with Gasteiger partial charge in [-0.2, -0.15) is 0 Å². The average Bonchev–Trinajstić information content (AvgIpc) is 2.52. The third kappa shape index (κ3) is 3.46. The van der Waals surface area contributed by atoms with Gasteiger partial charge in [-0.15, -0.1) is 6.58 Å². The zero-order valence-electron chi connectivity index (χ0n) is 13.5. The van der Waals surface area contributed by atoms with Crippen LogP contribution in [0.3, 0.4) is 0 Å². The lowest BCUT2D eigenvalue weighted by molar-refractivity contribution is -0.385. The highest BCUT2D eigenvalue weighted by Gasteiger charge is 2.26. The fourth-order valence-electron chi connectivity index (χ4n) is 2.32. The molecule has 0 aliphatic rings. The van der Waals surface area contributed by atoms with E-state index in [2.05, 4.69) is 6.58 Å². The SMILES string of the molecule is C=CCN(c1cccc(C)c1)S(=O)(=O)c1ccc(C)c([N+](=O)[O-])c1. The number of nitro groups is 1. The van der Waals surface area contributed by atoms with E-state index in [1.54, 1.807) is 25.1 Å². The van der Waals surface area contributed by atoms with Crippen molar-refractivity contribution in [3.63, 3.8) is 0 Å². The second-order valence-corrected chi connectivity index (χ2v) is 7.23. The lowest BCUT2D eigenvalue weighted by Crippen LogP contribution is -2.31. The Morgan fingerprint density at radius 2 is 1.92 bits per heavy atom. The monoisotopic (exact) mass is 346 g/mol. The number of rotatable bonds is 6.